The van der Waals surface area contributed by atoms with E-state index in [0.29, 0.717) is 38.5 Å². The number of amides is 1. The quantitative estimate of drug-likeness (QED) is 0.825. The van der Waals surface area contributed by atoms with Crippen LogP contribution in [0.5, 0.6) is 5.75 Å². The summed E-state index contributed by atoms with van der Waals surface area (Å²) < 4.78 is 24.2. The zero-order chi connectivity index (χ0) is 17.5. The van der Waals surface area contributed by atoms with Crippen molar-refractivity contribution in [2.75, 3.05) is 32.9 Å². The van der Waals surface area contributed by atoms with Crippen LogP contribution in [0.2, 0.25) is 0 Å². The lowest BCUT2D eigenvalue weighted by molar-refractivity contribution is -0.133. The lowest BCUT2D eigenvalue weighted by atomic mass is 10.0. The van der Waals surface area contributed by atoms with Gasteiger partial charge < -0.3 is 14.4 Å². The van der Waals surface area contributed by atoms with Crippen LogP contribution >= 0.6 is 0 Å². The fraction of sp³-hybridized carbons (Fsp3) is 0.389. The fourth-order valence-corrected chi connectivity index (χ4v) is 2.75. The van der Waals surface area contributed by atoms with E-state index in [0.717, 1.165) is 5.69 Å². The summed E-state index contributed by atoms with van der Waals surface area (Å²) in [6, 6.07) is 5.76. The highest BCUT2D eigenvalue weighted by Gasteiger charge is 2.23. The van der Waals surface area contributed by atoms with Crippen molar-refractivity contribution in [2.24, 2.45) is 5.92 Å². The molecule has 1 unspecified atom stereocenters. The summed E-state index contributed by atoms with van der Waals surface area (Å²) in [5.41, 5.74) is 0.876. The first kappa shape index (κ1) is 17.3. The number of hydrogen-bond donors (Lipinski definition) is 0. The molecule has 1 saturated heterocycles. The van der Waals surface area contributed by atoms with Gasteiger partial charge >= 0.3 is 0 Å². The summed E-state index contributed by atoms with van der Waals surface area (Å²) in [6.07, 6.45) is 5.71. The molecule has 3 rings (SSSR count). The molecule has 0 bridgehead atoms. The predicted octanol–water partition coefficient (Wildman–Crippen LogP) is 1.71. The van der Waals surface area contributed by atoms with Crippen LogP contribution in [0.4, 0.5) is 4.39 Å². The Morgan fingerprint density at radius 3 is 3.12 bits per heavy atom. The predicted molar refractivity (Wildman–Crippen MR) is 88.5 cm³/mol. The van der Waals surface area contributed by atoms with Crippen molar-refractivity contribution in [1.29, 1.82) is 0 Å². The first-order valence-electron chi connectivity index (χ1n) is 8.19. The number of nitrogens with zero attached hydrogens (tertiary/aromatic N) is 3. The van der Waals surface area contributed by atoms with Crippen LogP contribution in [0.1, 0.15) is 5.69 Å². The number of aromatic nitrogens is 2. The minimum atomic E-state index is -0.392. The molecule has 6 nitrogen and oxygen atoms in total. The lowest BCUT2D eigenvalue weighted by Gasteiger charge is -2.23. The van der Waals surface area contributed by atoms with Gasteiger partial charge in [0.15, 0.2) is 6.61 Å². The van der Waals surface area contributed by atoms with Gasteiger partial charge in [-0.05, 0) is 18.6 Å². The molecular weight excluding hydrogens is 325 g/mol. The van der Waals surface area contributed by atoms with Gasteiger partial charge in [0.1, 0.15) is 11.6 Å². The Bertz CT molecular complexity index is 699. The van der Waals surface area contributed by atoms with Gasteiger partial charge in [0.2, 0.25) is 0 Å². The highest BCUT2D eigenvalue weighted by molar-refractivity contribution is 5.77. The van der Waals surface area contributed by atoms with E-state index in [1.54, 1.807) is 35.6 Å². The van der Waals surface area contributed by atoms with Gasteiger partial charge in [0, 0.05) is 43.7 Å². The third-order valence-corrected chi connectivity index (χ3v) is 3.96. The smallest absolute Gasteiger partial charge is 0.260 e. The van der Waals surface area contributed by atoms with Crippen LogP contribution in [-0.4, -0.2) is 53.7 Å². The molecular formula is C18H20FN3O3. The third kappa shape index (κ3) is 5.22. The molecule has 25 heavy (non-hydrogen) atoms. The molecule has 0 radical (unpaired) electrons. The first-order chi connectivity index (χ1) is 12.2. The van der Waals surface area contributed by atoms with Crippen LogP contribution < -0.4 is 4.74 Å². The number of carbonyl (C=O) groups excluding carboxylic acids is 1. The number of rotatable bonds is 5. The molecule has 1 amide bonds. The number of benzene rings is 1. The molecule has 0 N–H and O–H groups in total. The van der Waals surface area contributed by atoms with Gasteiger partial charge in [-0.25, -0.2) is 4.39 Å². The monoisotopic (exact) mass is 345 g/mol. The molecule has 2 heterocycles. The Kier molecular flexibility index (Phi) is 5.90. The van der Waals surface area contributed by atoms with Crippen LogP contribution in [-0.2, 0) is 16.0 Å². The van der Waals surface area contributed by atoms with Gasteiger partial charge in [-0.3, -0.25) is 14.8 Å². The Balaban J connectivity index is 1.55. The van der Waals surface area contributed by atoms with Gasteiger partial charge in [-0.15, -0.1) is 0 Å². The normalized spacial score (nSPS) is 17.8. The van der Waals surface area contributed by atoms with Gasteiger partial charge in [0.05, 0.1) is 18.9 Å². The standard InChI is InChI=1S/C18H20FN3O3/c19-15-2-1-3-17(9-15)25-13-18(23)22-6-7-24-12-14(11-22)8-16-10-20-4-5-21-16/h1-5,9-10,14H,6-8,11-13H2. The first-order valence-corrected chi connectivity index (χ1v) is 8.19. The second-order valence-electron chi connectivity index (χ2n) is 5.93. The number of carbonyl (C=O) groups is 1. The number of halogens is 1. The number of hydrogen-bond acceptors (Lipinski definition) is 5. The van der Waals surface area contributed by atoms with Crippen LogP contribution in [0, 0.1) is 11.7 Å². The zero-order valence-electron chi connectivity index (χ0n) is 13.8. The Labute approximate surface area is 145 Å². The number of ether oxygens (including phenoxy) is 2. The molecule has 7 heteroatoms. The topological polar surface area (TPSA) is 64.5 Å². The molecule has 1 aromatic heterocycles. The van der Waals surface area contributed by atoms with Crippen molar-refractivity contribution in [3.63, 3.8) is 0 Å². The summed E-state index contributed by atoms with van der Waals surface area (Å²) in [5.74, 6) is -0.0380. The molecule has 0 aliphatic carbocycles. The minimum absolute atomic E-state index is 0.124. The van der Waals surface area contributed by atoms with E-state index in [1.807, 2.05) is 0 Å². The largest absolute Gasteiger partial charge is 0.484 e. The van der Waals surface area contributed by atoms with Crippen LogP contribution in [0.3, 0.4) is 0 Å². The molecule has 0 spiro atoms. The summed E-state index contributed by atoms with van der Waals surface area (Å²) >= 11 is 0. The lowest BCUT2D eigenvalue weighted by Crippen LogP contribution is -2.39. The average Bonchev–Trinajstić information content (AvgIpc) is 2.86. The van der Waals surface area contributed by atoms with Crippen molar-refractivity contribution in [3.8, 4) is 5.75 Å². The molecule has 0 saturated carbocycles. The van der Waals surface area contributed by atoms with E-state index in [2.05, 4.69) is 9.97 Å². The molecule has 1 atom stereocenters. The Hall–Kier alpha value is -2.54. The third-order valence-electron chi connectivity index (χ3n) is 3.96. The summed E-state index contributed by atoms with van der Waals surface area (Å²) in [7, 11) is 0. The van der Waals surface area contributed by atoms with Gasteiger partial charge in [-0.1, -0.05) is 6.07 Å². The highest BCUT2D eigenvalue weighted by Crippen LogP contribution is 2.14. The van der Waals surface area contributed by atoms with Crippen molar-refractivity contribution in [1.82, 2.24) is 14.9 Å². The Morgan fingerprint density at radius 2 is 2.32 bits per heavy atom. The summed E-state index contributed by atoms with van der Waals surface area (Å²) in [4.78, 5) is 22.5. The SMILES string of the molecule is O=C(COc1cccc(F)c1)N1CCOCC(Cc2cnccn2)C1. The van der Waals surface area contributed by atoms with E-state index in [-0.39, 0.29) is 18.4 Å². The van der Waals surface area contributed by atoms with Crippen molar-refractivity contribution in [2.45, 2.75) is 6.42 Å². The second-order valence-corrected chi connectivity index (χ2v) is 5.93. The van der Waals surface area contributed by atoms with Crippen molar-refractivity contribution < 1.29 is 18.7 Å². The van der Waals surface area contributed by atoms with E-state index in [9.17, 15) is 9.18 Å². The highest BCUT2D eigenvalue weighted by atomic mass is 19.1. The van der Waals surface area contributed by atoms with E-state index < -0.39 is 5.82 Å². The minimum Gasteiger partial charge on any atom is -0.484 e. The second kappa shape index (κ2) is 8.53. The van der Waals surface area contributed by atoms with Gasteiger partial charge in [0.25, 0.3) is 5.91 Å². The maximum absolute atomic E-state index is 13.2. The summed E-state index contributed by atoms with van der Waals surface area (Å²) in [5, 5.41) is 0. The molecule has 1 aliphatic rings. The van der Waals surface area contributed by atoms with Crippen molar-refractivity contribution >= 4 is 5.91 Å². The summed E-state index contributed by atoms with van der Waals surface area (Å²) in [6.45, 7) is 2.03. The zero-order valence-corrected chi connectivity index (χ0v) is 13.8. The van der Waals surface area contributed by atoms with Crippen LogP contribution in [0.15, 0.2) is 42.9 Å². The molecule has 132 valence electrons. The molecule has 2 aromatic rings. The van der Waals surface area contributed by atoms with E-state index in [1.165, 1.54) is 12.1 Å². The molecule has 1 aromatic carbocycles. The maximum atomic E-state index is 13.2. The molecule has 1 fully saturated rings. The molecule has 1 aliphatic heterocycles. The van der Waals surface area contributed by atoms with E-state index >= 15 is 0 Å². The maximum Gasteiger partial charge on any atom is 0.260 e. The fourth-order valence-electron chi connectivity index (χ4n) is 2.75. The van der Waals surface area contributed by atoms with Gasteiger partial charge in [-0.2, -0.15) is 0 Å². The van der Waals surface area contributed by atoms with Crippen LogP contribution in [0.25, 0.3) is 0 Å². The Morgan fingerprint density at radius 1 is 1.40 bits per heavy atom. The van der Waals surface area contributed by atoms with E-state index in [4.69, 9.17) is 9.47 Å². The average molecular weight is 345 g/mol. The van der Waals surface area contributed by atoms with Crippen molar-refractivity contribution in [3.05, 3.63) is 54.4 Å².